The predicted octanol–water partition coefficient (Wildman–Crippen LogP) is 4.54. The van der Waals surface area contributed by atoms with E-state index in [2.05, 4.69) is 25.5 Å². The summed E-state index contributed by atoms with van der Waals surface area (Å²) in [5.41, 5.74) is 1.73. The fourth-order valence-corrected chi connectivity index (χ4v) is 4.65. The second kappa shape index (κ2) is 10.2. The van der Waals surface area contributed by atoms with Gasteiger partial charge in [-0.1, -0.05) is 16.7 Å². The molecule has 0 bridgehead atoms. The number of rotatable bonds is 7. The molecule has 0 unspecified atom stereocenters. The van der Waals surface area contributed by atoms with E-state index in [1.54, 1.807) is 12.1 Å². The SMILES string of the molecule is COc1cnc(Cl)cc1-c1cc(C)ncc1C(=O)Nc1nnc(OC[C@H]2CC[C@@](C)(O)CC2)s1. The van der Waals surface area contributed by atoms with Crippen LogP contribution in [0.4, 0.5) is 5.13 Å². The van der Waals surface area contributed by atoms with Crippen LogP contribution in [-0.2, 0) is 0 Å². The Morgan fingerprint density at radius 2 is 2.00 bits per heavy atom. The Hall–Kier alpha value is -2.82. The Bertz CT molecular complexity index is 1180. The minimum Gasteiger partial charge on any atom is -0.494 e. The molecule has 2 N–H and O–H groups in total. The third kappa shape index (κ3) is 5.81. The number of pyridine rings is 2. The van der Waals surface area contributed by atoms with Crippen LogP contribution in [0.3, 0.4) is 0 Å². The van der Waals surface area contributed by atoms with Gasteiger partial charge in [0.15, 0.2) is 0 Å². The van der Waals surface area contributed by atoms with Crippen molar-refractivity contribution in [1.82, 2.24) is 20.2 Å². The van der Waals surface area contributed by atoms with E-state index in [-0.39, 0.29) is 5.15 Å². The van der Waals surface area contributed by atoms with Crippen molar-refractivity contribution in [3.8, 4) is 22.1 Å². The Morgan fingerprint density at radius 1 is 1.24 bits per heavy atom. The molecule has 3 heterocycles. The van der Waals surface area contributed by atoms with Gasteiger partial charge in [0.25, 0.3) is 11.1 Å². The highest BCUT2D eigenvalue weighted by Gasteiger charge is 2.29. The molecule has 34 heavy (non-hydrogen) atoms. The van der Waals surface area contributed by atoms with Crippen LogP contribution in [0.1, 0.15) is 48.7 Å². The van der Waals surface area contributed by atoms with Gasteiger partial charge in [-0.2, -0.15) is 0 Å². The maximum absolute atomic E-state index is 13.1. The van der Waals surface area contributed by atoms with Gasteiger partial charge in [-0.15, -0.1) is 5.10 Å². The molecule has 3 aromatic heterocycles. The van der Waals surface area contributed by atoms with E-state index < -0.39 is 11.5 Å². The first-order valence-corrected chi connectivity index (χ1v) is 12.1. The van der Waals surface area contributed by atoms with E-state index >= 15 is 0 Å². The van der Waals surface area contributed by atoms with Gasteiger partial charge in [0, 0.05) is 23.0 Å². The van der Waals surface area contributed by atoms with E-state index in [9.17, 15) is 9.90 Å². The van der Waals surface area contributed by atoms with Crippen molar-refractivity contribution in [3.05, 3.63) is 40.9 Å². The van der Waals surface area contributed by atoms with Crippen molar-refractivity contribution in [2.45, 2.75) is 45.1 Å². The molecule has 3 aromatic rings. The molecule has 1 aliphatic carbocycles. The van der Waals surface area contributed by atoms with E-state index in [0.717, 1.165) is 42.7 Å². The summed E-state index contributed by atoms with van der Waals surface area (Å²) in [5.74, 6) is 0.458. The van der Waals surface area contributed by atoms with Crippen LogP contribution >= 0.6 is 22.9 Å². The summed E-state index contributed by atoms with van der Waals surface area (Å²) in [4.78, 5) is 21.4. The Morgan fingerprint density at radius 3 is 2.74 bits per heavy atom. The van der Waals surface area contributed by atoms with Crippen molar-refractivity contribution >= 4 is 34.0 Å². The number of nitrogens with zero attached hydrogens (tertiary/aromatic N) is 4. The highest BCUT2D eigenvalue weighted by Crippen LogP contribution is 2.35. The number of amides is 1. The minimum atomic E-state index is -0.577. The summed E-state index contributed by atoms with van der Waals surface area (Å²) in [6.45, 7) is 4.22. The van der Waals surface area contributed by atoms with Gasteiger partial charge in [0.05, 0.1) is 31.1 Å². The fourth-order valence-electron chi connectivity index (χ4n) is 3.89. The van der Waals surface area contributed by atoms with Crippen LogP contribution in [0.2, 0.25) is 5.15 Å². The van der Waals surface area contributed by atoms with Crippen LogP contribution in [-0.4, -0.2) is 50.5 Å². The zero-order chi connectivity index (χ0) is 24.3. The molecule has 1 saturated carbocycles. The number of carbonyl (C=O) groups is 1. The second-order valence-corrected chi connectivity index (χ2v) is 9.98. The summed E-state index contributed by atoms with van der Waals surface area (Å²) in [6.07, 6.45) is 6.35. The maximum Gasteiger partial charge on any atom is 0.295 e. The predicted molar refractivity (Wildman–Crippen MR) is 130 cm³/mol. The normalized spacial score (nSPS) is 20.1. The van der Waals surface area contributed by atoms with Crippen molar-refractivity contribution in [3.63, 3.8) is 0 Å². The first-order chi connectivity index (χ1) is 16.2. The van der Waals surface area contributed by atoms with E-state index in [1.165, 1.54) is 19.5 Å². The lowest BCUT2D eigenvalue weighted by Gasteiger charge is -2.32. The third-order valence-electron chi connectivity index (χ3n) is 5.88. The molecule has 1 aliphatic rings. The van der Waals surface area contributed by atoms with Crippen molar-refractivity contribution in [1.29, 1.82) is 0 Å². The van der Waals surface area contributed by atoms with Crippen LogP contribution < -0.4 is 14.8 Å². The lowest BCUT2D eigenvalue weighted by atomic mass is 9.80. The number of aryl methyl sites for hydroxylation is 1. The second-order valence-electron chi connectivity index (χ2n) is 8.66. The van der Waals surface area contributed by atoms with Crippen LogP contribution in [0.5, 0.6) is 10.9 Å². The fraction of sp³-hybridized carbons (Fsp3) is 0.435. The van der Waals surface area contributed by atoms with Gasteiger partial charge >= 0.3 is 0 Å². The topological polar surface area (TPSA) is 119 Å². The molecule has 1 amide bonds. The van der Waals surface area contributed by atoms with Crippen molar-refractivity contribution < 1.29 is 19.4 Å². The van der Waals surface area contributed by atoms with Crippen molar-refractivity contribution in [2.24, 2.45) is 5.92 Å². The Labute approximate surface area is 206 Å². The zero-order valence-electron chi connectivity index (χ0n) is 19.2. The smallest absolute Gasteiger partial charge is 0.295 e. The molecule has 0 spiro atoms. The van der Waals surface area contributed by atoms with Crippen molar-refractivity contribution in [2.75, 3.05) is 19.0 Å². The van der Waals surface area contributed by atoms with Gasteiger partial charge in [-0.3, -0.25) is 15.1 Å². The molecule has 1 fully saturated rings. The Kier molecular flexibility index (Phi) is 7.30. The third-order valence-corrected chi connectivity index (χ3v) is 6.84. The summed E-state index contributed by atoms with van der Waals surface area (Å²) < 4.78 is 11.2. The molecule has 11 heteroatoms. The van der Waals surface area contributed by atoms with Crippen LogP contribution in [0, 0.1) is 12.8 Å². The van der Waals surface area contributed by atoms with E-state index in [0.29, 0.717) is 45.3 Å². The van der Waals surface area contributed by atoms with Gasteiger partial charge < -0.3 is 14.6 Å². The minimum absolute atomic E-state index is 0.282. The Balaban J connectivity index is 1.46. The molecular weight excluding hydrogens is 478 g/mol. The van der Waals surface area contributed by atoms with Crippen LogP contribution in [0.15, 0.2) is 24.5 Å². The first kappa shape index (κ1) is 24.3. The number of halogens is 1. The number of aliphatic hydroxyl groups is 1. The van der Waals surface area contributed by atoms with Gasteiger partial charge in [-0.05, 0) is 68.9 Å². The van der Waals surface area contributed by atoms with Gasteiger partial charge in [-0.25, -0.2) is 4.98 Å². The summed E-state index contributed by atoms with van der Waals surface area (Å²) in [7, 11) is 1.53. The lowest BCUT2D eigenvalue weighted by molar-refractivity contribution is 0.00148. The average molecular weight is 504 g/mol. The molecule has 0 saturated heterocycles. The number of nitrogens with one attached hydrogen (secondary N) is 1. The molecule has 0 aliphatic heterocycles. The molecule has 9 nitrogen and oxygen atoms in total. The highest BCUT2D eigenvalue weighted by molar-refractivity contribution is 7.17. The molecule has 4 rings (SSSR count). The number of anilines is 1. The molecular formula is C23H26ClN5O4S. The van der Waals surface area contributed by atoms with Gasteiger partial charge in [0.1, 0.15) is 10.9 Å². The molecule has 0 aromatic carbocycles. The number of ether oxygens (including phenoxy) is 2. The number of methoxy groups -OCH3 is 1. The quantitative estimate of drug-likeness (QED) is 0.451. The number of aromatic nitrogens is 4. The number of hydrogen-bond acceptors (Lipinski definition) is 9. The maximum atomic E-state index is 13.1. The molecule has 0 radical (unpaired) electrons. The van der Waals surface area contributed by atoms with Gasteiger partial charge in [0.2, 0.25) is 5.13 Å². The molecule has 180 valence electrons. The highest BCUT2D eigenvalue weighted by atomic mass is 35.5. The molecule has 0 atom stereocenters. The first-order valence-electron chi connectivity index (χ1n) is 10.9. The van der Waals surface area contributed by atoms with Crippen LogP contribution in [0.25, 0.3) is 11.1 Å². The standard InChI is InChI=1S/C23H26ClN5O4S/c1-13-8-15(16-9-19(24)26-11-18(16)32-3)17(10-25-13)20(30)27-21-28-29-22(34-21)33-12-14-4-6-23(2,31)7-5-14/h8-11,14,31H,4-7,12H2,1-3H3,(H,27,28,30)/t14-,23+. The monoisotopic (exact) mass is 503 g/mol. The summed E-state index contributed by atoms with van der Waals surface area (Å²) in [6, 6.07) is 3.44. The number of hydrogen-bond donors (Lipinski definition) is 2. The average Bonchev–Trinajstić information content (AvgIpc) is 3.25. The van der Waals surface area contributed by atoms with E-state index in [4.69, 9.17) is 21.1 Å². The summed E-state index contributed by atoms with van der Waals surface area (Å²) >= 11 is 7.26. The van der Waals surface area contributed by atoms with E-state index in [1.807, 2.05) is 13.8 Å². The largest absolute Gasteiger partial charge is 0.494 e. The lowest BCUT2D eigenvalue weighted by Crippen LogP contribution is -2.32. The zero-order valence-corrected chi connectivity index (χ0v) is 20.7. The number of carbonyl (C=O) groups excluding carboxylic acids is 1. The summed E-state index contributed by atoms with van der Waals surface area (Å²) in [5, 5.41) is 21.9.